The number of piperidine rings is 1. The van der Waals surface area contributed by atoms with Gasteiger partial charge in [0.05, 0.1) is 12.2 Å². The van der Waals surface area contributed by atoms with Crippen molar-refractivity contribution in [2.45, 2.75) is 26.3 Å². The second-order valence-electron chi connectivity index (χ2n) is 5.14. The molecule has 2 N–H and O–H groups in total. The minimum absolute atomic E-state index is 0.141. The van der Waals surface area contributed by atoms with E-state index < -0.39 is 0 Å². The highest BCUT2D eigenvalue weighted by molar-refractivity contribution is 5.78. The van der Waals surface area contributed by atoms with Crippen LogP contribution in [0.1, 0.15) is 19.8 Å². The number of carbonyl (C=O) groups is 1. The number of aryl methyl sites for hydroxylation is 1. The van der Waals surface area contributed by atoms with Gasteiger partial charge in [-0.3, -0.25) is 4.79 Å². The Hall–Kier alpha value is -1.36. The van der Waals surface area contributed by atoms with E-state index in [1.54, 1.807) is 12.5 Å². The molecule has 0 radical (unpaired) electrons. The minimum atomic E-state index is 0.141. The topological polar surface area (TPSA) is 59.0 Å². The lowest BCUT2D eigenvalue weighted by molar-refractivity contribution is -0.125. The van der Waals surface area contributed by atoms with Crippen molar-refractivity contribution in [2.24, 2.45) is 11.8 Å². The zero-order valence-electron chi connectivity index (χ0n) is 10.9. The summed E-state index contributed by atoms with van der Waals surface area (Å²) in [6, 6.07) is 0. The number of carbonyl (C=O) groups excluding carboxylic acids is 1. The van der Waals surface area contributed by atoms with Crippen molar-refractivity contribution in [1.82, 2.24) is 20.2 Å². The summed E-state index contributed by atoms with van der Waals surface area (Å²) in [6.45, 7) is 5.68. The number of imidazole rings is 1. The number of aromatic nitrogens is 2. The Morgan fingerprint density at radius 1 is 1.56 bits per heavy atom. The third-order valence-electron chi connectivity index (χ3n) is 3.39. The smallest absolute Gasteiger partial charge is 0.224 e. The van der Waals surface area contributed by atoms with E-state index in [1.807, 2.05) is 10.8 Å². The van der Waals surface area contributed by atoms with Gasteiger partial charge < -0.3 is 15.2 Å². The lowest BCUT2D eigenvalue weighted by Crippen LogP contribution is -2.43. The molecule has 5 nitrogen and oxygen atoms in total. The highest BCUT2D eigenvalue weighted by Crippen LogP contribution is 2.15. The normalized spacial score (nSPS) is 23.8. The molecule has 18 heavy (non-hydrogen) atoms. The molecule has 1 aliphatic heterocycles. The summed E-state index contributed by atoms with van der Waals surface area (Å²) in [5.74, 6) is 0.933. The quantitative estimate of drug-likeness (QED) is 0.754. The molecule has 0 saturated carbocycles. The summed E-state index contributed by atoms with van der Waals surface area (Å²) >= 11 is 0. The summed E-state index contributed by atoms with van der Waals surface area (Å²) in [5.41, 5.74) is 0. The fourth-order valence-corrected chi connectivity index (χ4v) is 2.39. The fourth-order valence-electron chi connectivity index (χ4n) is 2.39. The van der Waals surface area contributed by atoms with E-state index >= 15 is 0 Å². The molecule has 0 bridgehead atoms. The van der Waals surface area contributed by atoms with Crippen LogP contribution in [0.25, 0.3) is 0 Å². The molecule has 0 spiro atoms. The zero-order chi connectivity index (χ0) is 12.8. The molecule has 0 aliphatic carbocycles. The van der Waals surface area contributed by atoms with E-state index in [9.17, 15) is 4.79 Å². The molecule has 1 saturated heterocycles. The monoisotopic (exact) mass is 250 g/mol. The van der Waals surface area contributed by atoms with E-state index in [4.69, 9.17) is 0 Å². The maximum absolute atomic E-state index is 11.9. The highest BCUT2D eigenvalue weighted by atomic mass is 16.1. The maximum Gasteiger partial charge on any atom is 0.224 e. The van der Waals surface area contributed by atoms with Crippen LogP contribution in [-0.4, -0.2) is 35.1 Å². The second-order valence-corrected chi connectivity index (χ2v) is 5.14. The molecule has 100 valence electrons. The van der Waals surface area contributed by atoms with Crippen LogP contribution in [0.5, 0.6) is 0 Å². The summed E-state index contributed by atoms with van der Waals surface area (Å²) in [5, 5.41) is 6.33. The summed E-state index contributed by atoms with van der Waals surface area (Å²) in [7, 11) is 0. The first-order valence-corrected chi connectivity index (χ1v) is 6.70. The van der Waals surface area contributed by atoms with Gasteiger partial charge >= 0.3 is 0 Å². The van der Waals surface area contributed by atoms with Crippen molar-refractivity contribution >= 4 is 5.91 Å². The SMILES string of the molecule is CC1CNCC(C(=O)NCCCn2ccnc2)C1. The van der Waals surface area contributed by atoms with Crippen LogP contribution < -0.4 is 10.6 Å². The van der Waals surface area contributed by atoms with Crippen molar-refractivity contribution in [3.63, 3.8) is 0 Å². The first-order valence-electron chi connectivity index (χ1n) is 6.70. The molecule has 1 fully saturated rings. The molecule has 1 amide bonds. The van der Waals surface area contributed by atoms with Gasteiger partial charge in [-0.2, -0.15) is 0 Å². The van der Waals surface area contributed by atoms with Crippen LogP contribution in [-0.2, 0) is 11.3 Å². The molecular formula is C13H22N4O. The van der Waals surface area contributed by atoms with Crippen molar-refractivity contribution in [3.05, 3.63) is 18.7 Å². The first kappa shape index (κ1) is 13.1. The van der Waals surface area contributed by atoms with Crippen molar-refractivity contribution in [1.29, 1.82) is 0 Å². The number of amides is 1. The van der Waals surface area contributed by atoms with Crippen LogP contribution >= 0.6 is 0 Å². The van der Waals surface area contributed by atoms with Gasteiger partial charge in [-0.1, -0.05) is 6.92 Å². The van der Waals surface area contributed by atoms with Crippen LogP contribution in [0.2, 0.25) is 0 Å². The van der Waals surface area contributed by atoms with Crippen molar-refractivity contribution in [3.8, 4) is 0 Å². The number of hydrogen-bond acceptors (Lipinski definition) is 3. The number of nitrogens with one attached hydrogen (secondary N) is 2. The van der Waals surface area contributed by atoms with Gasteiger partial charge in [0.1, 0.15) is 0 Å². The van der Waals surface area contributed by atoms with Crippen LogP contribution in [0.15, 0.2) is 18.7 Å². The van der Waals surface area contributed by atoms with Gasteiger partial charge in [0.25, 0.3) is 0 Å². The van der Waals surface area contributed by atoms with Gasteiger partial charge in [0, 0.05) is 32.0 Å². The first-order chi connectivity index (χ1) is 8.75. The molecule has 2 atom stereocenters. The van der Waals surface area contributed by atoms with E-state index in [0.29, 0.717) is 5.92 Å². The average molecular weight is 250 g/mol. The minimum Gasteiger partial charge on any atom is -0.356 e. The molecule has 1 aromatic rings. The average Bonchev–Trinajstić information content (AvgIpc) is 2.87. The lowest BCUT2D eigenvalue weighted by atomic mass is 9.91. The number of nitrogens with zero attached hydrogens (tertiary/aromatic N) is 2. The van der Waals surface area contributed by atoms with Crippen molar-refractivity contribution < 1.29 is 4.79 Å². The molecule has 0 aromatic carbocycles. The Morgan fingerprint density at radius 2 is 2.44 bits per heavy atom. The van der Waals surface area contributed by atoms with Crippen LogP contribution in [0.3, 0.4) is 0 Å². The van der Waals surface area contributed by atoms with E-state index in [0.717, 1.165) is 39.0 Å². The maximum atomic E-state index is 11.9. The Kier molecular flexibility index (Phi) is 4.75. The Morgan fingerprint density at radius 3 is 3.17 bits per heavy atom. The molecular weight excluding hydrogens is 228 g/mol. The number of rotatable bonds is 5. The molecule has 2 heterocycles. The van der Waals surface area contributed by atoms with E-state index in [2.05, 4.69) is 22.5 Å². The highest BCUT2D eigenvalue weighted by Gasteiger charge is 2.24. The molecule has 1 aromatic heterocycles. The third-order valence-corrected chi connectivity index (χ3v) is 3.39. The number of hydrogen-bond donors (Lipinski definition) is 2. The summed E-state index contributed by atoms with van der Waals surface area (Å²) < 4.78 is 2.02. The predicted octanol–water partition coefficient (Wildman–Crippen LogP) is 0.635. The predicted molar refractivity (Wildman–Crippen MR) is 70.0 cm³/mol. The van der Waals surface area contributed by atoms with E-state index in [-0.39, 0.29) is 11.8 Å². The summed E-state index contributed by atoms with van der Waals surface area (Å²) in [4.78, 5) is 15.9. The molecule has 5 heteroatoms. The lowest BCUT2D eigenvalue weighted by Gasteiger charge is -2.26. The van der Waals surface area contributed by atoms with Gasteiger partial charge in [-0.15, -0.1) is 0 Å². The standard InChI is InChI=1S/C13H22N4O/c1-11-7-12(9-15-8-11)13(18)16-3-2-5-17-6-4-14-10-17/h4,6,10-12,15H,2-3,5,7-9H2,1H3,(H,16,18). The Balaban J connectivity index is 1.62. The Bertz CT molecular complexity index is 363. The Labute approximate surface area is 108 Å². The fraction of sp³-hybridized carbons (Fsp3) is 0.692. The largest absolute Gasteiger partial charge is 0.356 e. The summed E-state index contributed by atoms with van der Waals surface area (Å²) in [6.07, 6.45) is 7.45. The van der Waals surface area contributed by atoms with Gasteiger partial charge in [-0.05, 0) is 25.3 Å². The van der Waals surface area contributed by atoms with Crippen LogP contribution in [0.4, 0.5) is 0 Å². The zero-order valence-corrected chi connectivity index (χ0v) is 10.9. The van der Waals surface area contributed by atoms with Gasteiger partial charge in [0.15, 0.2) is 0 Å². The van der Waals surface area contributed by atoms with Crippen LogP contribution in [0, 0.1) is 11.8 Å². The molecule has 1 aliphatic rings. The van der Waals surface area contributed by atoms with Crippen molar-refractivity contribution in [2.75, 3.05) is 19.6 Å². The van der Waals surface area contributed by atoms with E-state index in [1.165, 1.54) is 0 Å². The van der Waals surface area contributed by atoms with Gasteiger partial charge in [0.2, 0.25) is 5.91 Å². The van der Waals surface area contributed by atoms with Gasteiger partial charge in [-0.25, -0.2) is 4.98 Å². The third kappa shape index (κ3) is 3.84. The molecule has 2 rings (SSSR count). The molecule has 2 unspecified atom stereocenters. The second kappa shape index (κ2) is 6.54.